The van der Waals surface area contributed by atoms with E-state index in [9.17, 15) is 4.79 Å². The third kappa shape index (κ3) is 3.47. The average molecular weight is 334 g/mol. The van der Waals surface area contributed by atoms with E-state index in [4.69, 9.17) is 6.42 Å². The van der Waals surface area contributed by atoms with Crippen LogP contribution in [0.5, 0.6) is 0 Å². The Hall–Kier alpha value is -2.64. The first kappa shape index (κ1) is 16.2. The van der Waals surface area contributed by atoms with Crippen molar-refractivity contribution in [3.8, 4) is 12.3 Å². The summed E-state index contributed by atoms with van der Waals surface area (Å²) in [6, 6.07) is 15.9. The number of aromatic nitrogens is 1. The van der Waals surface area contributed by atoms with E-state index in [2.05, 4.69) is 36.0 Å². The van der Waals surface area contributed by atoms with Crippen molar-refractivity contribution in [2.75, 3.05) is 0 Å². The minimum absolute atomic E-state index is 0.158. The third-order valence-corrected chi connectivity index (χ3v) is 4.86. The zero-order valence-electron chi connectivity index (χ0n) is 13.5. The summed E-state index contributed by atoms with van der Waals surface area (Å²) in [5.41, 5.74) is 3.25. The number of carbonyl (C=O) groups is 1. The van der Waals surface area contributed by atoms with E-state index in [0.29, 0.717) is 17.8 Å². The summed E-state index contributed by atoms with van der Waals surface area (Å²) in [6.07, 6.45) is 6.77. The zero-order chi connectivity index (χ0) is 16.9. The lowest BCUT2D eigenvalue weighted by Crippen LogP contribution is -2.17. The van der Waals surface area contributed by atoms with Crippen LogP contribution in [-0.2, 0) is 24.2 Å². The van der Waals surface area contributed by atoms with Gasteiger partial charge < -0.3 is 4.57 Å². The van der Waals surface area contributed by atoms with Gasteiger partial charge in [-0.3, -0.25) is 4.79 Å². The molecule has 120 valence electrons. The second-order valence-corrected chi connectivity index (χ2v) is 6.51. The molecule has 0 spiro atoms. The molecule has 0 aliphatic heterocycles. The first-order valence-electron chi connectivity index (χ1n) is 7.88. The monoisotopic (exact) mass is 334 g/mol. The standard InChI is InChI=1S/C20H18N2OS/c1-3-12-22-17-11-10-15(4-2)13-18(17)24-20(22)21-19(23)14-16-8-6-5-7-9-16/h1,5-11,13H,4,12,14H2,2H3. The molecular formula is C20H18N2OS. The van der Waals surface area contributed by atoms with Gasteiger partial charge in [0.15, 0.2) is 4.80 Å². The molecule has 0 radical (unpaired) electrons. The van der Waals surface area contributed by atoms with E-state index in [1.54, 1.807) is 0 Å². The Kier molecular flexibility index (Phi) is 4.93. The Balaban J connectivity index is 2.02. The molecular weight excluding hydrogens is 316 g/mol. The summed E-state index contributed by atoms with van der Waals surface area (Å²) >= 11 is 1.51. The zero-order valence-corrected chi connectivity index (χ0v) is 14.3. The van der Waals surface area contributed by atoms with Crippen molar-refractivity contribution in [2.24, 2.45) is 4.99 Å². The SMILES string of the molecule is C#CCn1c(=NC(=O)Cc2ccccc2)sc2cc(CC)ccc21. The van der Waals surface area contributed by atoms with Crippen LogP contribution in [0.2, 0.25) is 0 Å². The maximum atomic E-state index is 12.3. The molecule has 0 aliphatic carbocycles. The molecule has 3 nitrogen and oxygen atoms in total. The third-order valence-electron chi connectivity index (χ3n) is 3.82. The molecule has 0 aliphatic rings. The van der Waals surface area contributed by atoms with Gasteiger partial charge in [0.25, 0.3) is 5.91 Å². The molecule has 24 heavy (non-hydrogen) atoms. The van der Waals surface area contributed by atoms with E-state index in [1.807, 2.05) is 34.9 Å². The van der Waals surface area contributed by atoms with Gasteiger partial charge in [0.05, 0.1) is 23.2 Å². The number of hydrogen-bond donors (Lipinski definition) is 0. The van der Waals surface area contributed by atoms with Crippen molar-refractivity contribution in [3.63, 3.8) is 0 Å². The molecule has 1 heterocycles. The number of aryl methyl sites for hydroxylation is 1. The number of thiazole rings is 1. The number of carbonyl (C=O) groups excluding carboxylic acids is 1. The van der Waals surface area contributed by atoms with Gasteiger partial charge in [0.2, 0.25) is 0 Å². The molecule has 3 aromatic rings. The van der Waals surface area contributed by atoms with Gasteiger partial charge in [-0.25, -0.2) is 0 Å². The lowest BCUT2D eigenvalue weighted by Gasteiger charge is -2.01. The highest BCUT2D eigenvalue weighted by Gasteiger charge is 2.08. The summed E-state index contributed by atoms with van der Waals surface area (Å²) in [5, 5.41) is 0. The van der Waals surface area contributed by atoms with Crippen molar-refractivity contribution in [1.29, 1.82) is 0 Å². The maximum Gasteiger partial charge on any atom is 0.252 e. The molecule has 0 N–H and O–H groups in total. The molecule has 2 aromatic carbocycles. The van der Waals surface area contributed by atoms with Gasteiger partial charge in [0, 0.05) is 0 Å². The van der Waals surface area contributed by atoms with Crippen LogP contribution < -0.4 is 4.80 Å². The van der Waals surface area contributed by atoms with Gasteiger partial charge in [-0.1, -0.05) is 60.6 Å². The van der Waals surface area contributed by atoms with Crippen molar-refractivity contribution in [1.82, 2.24) is 4.57 Å². The predicted octanol–water partition coefficient (Wildman–Crippen LogP) is 3.57. The molecule has 1 amide bonds. The molecule has 0 saturated carbocycles. The van der Waals surface area contributed by atoms with Gasteiger partial charge in [-0.15, -0.1) is 6.42 Å². The Labute approximate surface area is 145 Å². The highest BCUT2D eigenvalue weighted by molar-refractivity contribution is 7.16. The van der Waals surface area contributed by atoms with E-state index in [-0.39, 0.29) is 5.91 Å². The van der Waals surface area contributed by atoms with Crippen LogP contribution in [-0.4, -0.2) is 10.5 Å². The van der Waals surface area contributed by atoms with Crippen LogP contribution in [0.15, 0.2) is 53.5 Å². The van der Waals surface area contributed by atoms with Gasteiger partial charge in [-0.2, -0.15) is 4.99 Å². The molecule has 4 heteroatoms. The summed E-state index contributed by atoms with van der Waals surface area (Å²) in [5.74, 6) is 2.49. The quantitative estimate of drug-likeness (QED) is 0.672. The van der Waals surface area contributed by atoms with Crippen LogP contribution in [0.4, 0.5) is 0 Å². The van der Waals surface area contributed by atoms with Crippen molar-refractivity contribution in [3.05, 3.63) is 64.5 Å². The van der Waals surface area contributed by atoms with Gasteiger partial charge in [0.1, 0.15) is 0 Å². The van der Waals surface area contributed by atoms with Crippen LogP contribution >= 0.6 is 11.3 Å². The lowest BCUT2D eigenvalue weighted by molar-refractivity contribution is -0.117. The largest absolute Gasteiger partial charge is 0.305 e. The maximum absolute atomic E-state index is 12.3. The first-order chi connectivity index (χ1) is 11.7. The Bertz CT molecular complexity index is 974. The van der Waals surface area contributed by atoms with Crippen molar-refractivity contribution in [2.45, 2.75) is 26.3 Å². The highest BCUT2D eigenvalue weighted by atomic mass is 32.1. The van der Waals surface area contributed by atoms with E-state index < -0.39 is 0 Å². The second-order valence-electron chi connectivity index (χ2n) is 5.50. The molecule has 0 unspecified atom stereocenters. The molecule has 1 aromatic heterocycles. The highest BCUT2D eigenvalue weighted by Crippen LogP contribution is 2.19. The molecule has 0 fully saturated rings. The fraction of sp³-hybridized carbons (Fsp3) is 0.200. The Morgan fingerprint density at radius 2 is 2.00 bits per heavy atom. The second kappa shape index (κ2) is 7.29. The average Bonchev–Trinajstić information content (AvgIpc) is 2.92. The van der Waals surface area contributed by atoms with Crippen molar-refractivity contribution >= 4 is 27.5 Å². The molecule has 0 saturated heterocycles. The number of amides is 1. The fourth-order valence-electron chi connectivity index (χ4n) is 2.58. The molecule has 0 bridgehead atoms. The summed E-state index contributed by atoms with van der Waals surface area (Å²) in [6.45, 7) is 2.53. The number of nitrogens with zero attached hydrogens (tertiary/aromatic N) is 2. The molecule has 3 rings (SSSR count). The number of rotatable bonds is 4. The summed E-state index contributed by atoms with van der Waals surface area (Å²) in [7, 11) is 0. The predicted molar refractivity (Wildman–Crippen MR) is 98.7 cm³/mol. The van der Waals surface area contributed by atoms with Crippen LogP contribution in [0, 0.1) is 12.3 Å². The summed E-state index contributed by atoms with van der Waals surface area (Å²) < 4.78 is 3.04. The van der Waals surface area contributed by atoms with Gasteiger partial charge in [-0.05, 0) is 29.7 Å². The number of terminal acetylenes is 1. The number of benzene rings is 2. The van der Waals surface area contributed by atoms with E-state index in [1.165, 1.54) is 16.9 Å². The molecule has 0 atom stereocenters. The topological polar surface area (TPSA) is 34.4 Å². The minimum Gasteiger partial charge on any atom is -0.305 e. The van der Waals surface area contributed by atoms with Gasteiger partial charge >= 0.3 is 0 Å². The van der Waals surface area contributed by atoms with Crippen molar-refractivity contribution < 1.29 is 4.79 Å². The lowest BCUT2D eigenvalue weighted by atomic mass is 10.1. The van der Waals surface area contributed by atoms with E-state index >= 15 is 0 Å². The first-order valence-corrected chi connectivity index (χ1v) is 8.70. The van der Waals surface area contributed by atoms with Crippen LogP contribution in [0.3, 0.4) is 0 Å². The Morgan fingerprint density at radius 1 is 1.21 bits per heavy atom. The smallest absolute Gasteiger partial charge is 0.252 e. The van der Waals surface area contributed by atoms with Crippen LogP contribution in [0.25, 0.3) is 10.2 Å². The van der Waals surface area contributed by atoms with Crippen LogP contribution in [0.1, 0.15) is 18.1 Å². The number of hydrogen-bond acceptors (Lipinski definition) is 2. The Morgan fingerprint density at radius 3 is 2.71 bits per heavy atom. The number of fused-ring (bicyclic) bond motifs is 1. The van der Waals surface area contributed by atoms with E-state index in [0.717, 1.165) is 22.2 Å². The fourth-order valence-corrected chi connectivity index (χ4v) is 3.69. The summed E-state index contributed by atoms with van der Waals surface area (Å²) in [4.78, 5) is 17.3. The minimum atomic E-state index is -0.158. The normalized spacial score (nSPS) is 11.6.